The lowest BCUT2D eigenvalue weighted by Gasteiger charge is -2.05. The minimum Gasteiger partial charge on any atom is -0.459 e. The molecule has 4 rings (SSSR count). The third-order valence-corrected chi connectivity index (χ3v) is 4.53. The molecular formula is C17H13N3O3S. The molecule has 24 heavy (non-hydrogen) atoms. The first-order valence-corrected chi connectivity index (χ1v) is 8.23. The van der Waals surface area contributed by atoms with Crippen molar-refractivity contribution in [3.8, 4) is 10.8 Å². The van der Waals surface area contributed by atoms with Crippen LogP contribution in [-0.4, -0.2) is 16.8 Å². The van der Waals surface area contributed by atoms with E-state index in [0.717, 1.165) is 17.0 Å². The number of nitrogens with zero attached hydrogens (tertiary/aromatic N) is 1. The Morgan fingerprint density at radius 3 is 3.00 bits per heavy atom. The normalized spacial score (nSPS) is 12.8. The summed E-state index contributed by atoms with van der Waals surface area (Å²) in [5, 5.41) is 7.93. The number of amides is 2. The van der Waals surface area contributed by atoms with Crippen LogP contribution in [-0.2, 0) is 11.2 Å². The number of aryl methyl sites for hydroxylation is 1. The van der Waals surface area contributed by atoms with Crippen LogP contribution in [0.2, 0.25) is 0 Å². The summed E-state index contributed by atoms with van der Waals surface area (Å²) in [4.78, 5) is 28.0. The highest BCUT2D eigenvalue weighted by molar-refractivity contribution is 7.13. The zero-order valence-electron chi connectivity index (χ0n) is 12.8. The molecule has 1 aliphatic heterocycles. The lowest BCUT2D eigenvalue weighted by Crippen LogP contribution is -2.12. The van der Waals surface area contributed by atoms with E-state index in [1.807, 2.05) is 19.1 Å². The van der Waals surface area contributed by atoms with Crippen molar-refractivity contribution in [1.29, 1.82) is 0 Å². The average molecular weight is 339 g/mol. The summed E-state index contributed by atoms with van der Waals surface area (Å²) in [5.41, 5.74) is 2.64. The molecule has 6 nitrogen and oxygen atoms in total. The largest absolute Gasteiger partial charge is 0.459 e. The van der Waals surface area contributed by atoms with Crippen LogP contribution in [0.1, 0.15) is 21.8 Å². The fourth-order valence-corrected chi connectivity index (χ4v) is 3.30. The van der Waals surface area contributed by atoms with Gasteiger partial charge in [-0.3, -0.25) is 9.59 Å². The molecule has 0 saturated heterocycles. The van der Waals surface area contributed by atoms with Crippen LogP contribution in [0.15, 0.2) is 40.1 Å². The average Bonchev–Trinajstić information content (AvgIpc) is 3.24. The monoisotopic (exact) mass is 339 g/mol. The third-order valence-electron chi connectivity index (χ3n) is 3.68. The lowest BCUT2D eigenvalue weighted by molar-refractivity contribution is -0.115. The van der Waals surface area contributed by atoms with Gasteiger partial charge in [0, 0.05) is 16.8 Å². The number of carbonyl (C=O) groups excluding carboxylic acids is 2. The standard InChI is InChI=1S/C17H13N3O3S/c1-9-2-5-14(23-9)17-20-13(8-24-17)16(22)18-11-3-4-12-10(6-11)7-15(21)19-12/h2-6,8H,7H2,1H3,(H,18,22)(H,19,21). The zero-order valence-corrected chi connectivity index (χ0v) is 13.6. The molecule has 2 amide bonds. The molecular weight excluding hydrogens is 326 g/mol. The second kappa shape index (κ2) is 5.61. The summed E-state index contributed by atoms with van der Waals surface area (Å²) in [7, 11) is 0. The molecule has 0 spiro atoms. The van der Waals surface area contributed by atoms with Crippen LogP contribution in [0.25, 0.3) is 10.8 Å². The molecule has 0 unspecified atom stereocenters. The fraction of sp³-hybridized carbons (Fsp3) is 0.118. The van der Waals surface area contributed by atoms with E-state index in [0.29, 0.717) is 28.6 Å². The number of aromatic nitrogens is 1. The summed E-state index contributed by atoms with van der Waals surface area (Å²) in [6, 6.07) is 9.03. The summed E-state index contributed by atoms with van der Waals surface area (Å²) >= 11 is 1.35. The zero-order chi connectivity index (χ0) is 16.7. The van der Waals surface area contributed by atoms with Gasteiger partial charge in [-0.15, -0.1) is 11.3 Å². The Morgan fingerprint density at radius 2 is 2.21 bits per heavy atom. The van der Waals surface area contributed by atoms with Gasteiger partial charge in [0.2, 0.25) is 5.91 Å². The second-order valence-corrected chi connectivity index (χ2v) is 6.36. The van der Waals surface area contributed by atoms with Gasteiger partial charge in [0.25, 0.3) is 5.91 Å². The molecule has 2 aromatic heterocycles. The van der Waals surface area contributed by atoms with Crippen molar-refractivity contribution in [2.24, 2.45) is 0 Å². The molecule has 0 atom stereocenters. The van der Waals surface area contributed by atoms with Gasteiger partial charge >= 0.3 is 0 Å². The molecule has 0 bridgehead atoms. The predicted octanol–water partition coefficient (Wildman–Crippen LogP) is 3.46. The molecule has 0 saturated carbocycles. The van der Waals surface area contributed by atoms with E-state index in [4.69, 9.17) is 4.42 Å². The minimum atomic E-state index is -0.294. The smallest absolute Gasteiger partial charge is 0.275 e. The SMILES string of the molecule is Cc1ccc(-c2nc(C(=O)Nc3ccc4c(c3)CC(=O)N4)cs2)o1. The second-order valence-electron chi connectivity index (χ2n) is 5.50. The maximum absolute atomic E-state index is 12.3. The topological polar surface area (TPSA) is 84.2 Å². The number of thiazole rings is 1. The number of anilines is 2. The Morgan fingerprint density at radius 1 is 1.33 bits per heavy atom. The van der Waals surface area contributed by atoms with Crippen molar-refractivity contribution in [2.75, 3.05) is 10.6 Å². The highest BCUT2D eigenvalue weighted by atomic mass is 32.1. The number of nitrogens with one attached hydrogen (secondary N) is 2. The Hall–Kier alpha value is -2.93. The van der Waals surface area contributed by atoms with Gasteiger partial charge in [-0.25, -0.2) is 4.98 Å². The van der Waals surface area contributed by atoms with E-state index in [1.165, 1.54) is 11.3 Å². The number of carbonyl (C=O) groups is 2. The Kier molecular flexibility index (Phi) is 3.42. The maximum atomic E-state index is 12.3. The quantitative estimate of drug-likeness (QED) is 0.765. The first kappa shape index (κ1) is 14.6. The number of furan rings is 1. The van der Waals surface area contributed by atoms with E-state index < -0.39 is 0 Å². The molecule has 7 heteroatoms. The Labute approximate surface area is 141 Å². The molecule has 2 N–H and O–H groups in total. The van der Waals surface area contributed by atoms with Crippen molar-refractivity contribution >= 4 is 34.5 Å². The van der Waals surface area contributed by atoms with Gasteiger partial charge in [0.15, 0.2) is 10.8 Å². The number of rotatable bonds is 3. The van der Waals surface area contributed by atoms with E-state index in [9.17, 15) is 9.59 Å². The lowest BCUT2D eigenvalue weighted by atomic mass is 10.1. The summed E-state index contributed by atoms with van der Waals surface area (Å²) in [6.07, 6.45) is 0.331. The molecule has 0 radical (unpaired) electrons. The van der Waals surface area contributed by atoms with Crippen LogP contribution in [0.3, 0.4) is 0 Å². The molecule has 0 fully saturated rings. The number of hydrogen-bond donors (Lipinski definition) is 2. The molecule has 120 valence electrons. The highest BCUT2D eigenvalue weighted by Gasteiger charge is 2.19. The predicted molar refractivity (Wildman–Crippen MR) is 91.3 cm³/mol. The van der Waals surface area contributed by atoms with E-state index in [-0.39, 0.29) is 11.8 Å². The van der Waals surface area contributed by atoms with Crippen molar-refractivity contribution in [1.82, 2.24) is 4.98 Å². The highest BCUT2D eigenvalue weighted by Crippen LogP contribution is 2.28. The summed E-state index contributed by atoms with van der Waals surface area (Å²) < 4.78 is 5.52. The van der Waals surface area contributed by atoms with E-state index in [1.54, 1.807) is 23.6 Å². The molecule has 3 aromatic rings. The minimum absolute atomic E-state index is 0.0358. The van der Waals surface area contributed by atoms with Gasteiger partial charge in [-0.2, -0.15) is 0 Å². The molecule has 1 aromatic carbocycles. The van der Waals surface area contributed by atoms with E-state index >= 15 is 0 Å². The van der Waals surface area contributed by atoms with E-state index in [2.05, 4.69) is 15.6 Å². The van der Waals surface area contributed by atoms with Crippen molar-refractivity contribution in [3.05, 3.63) is 52.7 Å². The summed E-state index contributed by atoms with van der Waals surface area (Å²) in [5.74, 6) is 1.12. The van der Waals surface area contributed by atoms with Crippen LogP contribution >= 0.6 is 11.3 Å². The van der Waals surface area contributed by atoms with Crippen molar-refractivity contribution in [2.45, 2.75) is 13.3 Å². The van der Waals surface area contributed by atoms with Crippen LogP contribution in [0, 0.1) is 6.92 Å². The van der Waals surface area contributed by atoms with Crippen LogP contribution < -0.4 is 10.6 Å². The van der Waals surface area contributed by atoms with Gasteiger partial charge < -0.3 is 15.1 Å². The van der Waals surface area contributed by atoms with Crippen LogP contribution in [0.5, 0.6) is 0 Å². The Bertz CT molecular complexity index is 958. The molecule has 0 aliphatic carbocycles. The van der Waals surface area contributed by atoms with Crippen molar-refractivity contribution < 1.29 is 14.0 Å². The molecule has 3 heterocycles. The fourth-order valence-electron chi connectivity index (χ4n) is 2.54. The number of hydrogen-bond acceptors (Lipinski definition) is 5. The maximum Gasteiger partial charge on any atom is 0.275 e. The number of fused-ring (bicyclic) bond motifs is 1. The third kappa shape index (κ3) is 2.69. The van der Waals surface area contributed by atoms with Gasteiger partial charge in [-0.05, 0) is 42.8 Å². The first-order chi connectivity index (χ1) is 11.6. The molecule has 1 aliphatic rings. The first-order valence-electron chi connectivity index (χ1n) is 7.35. The van der Waals surface area contributed by atoms with Crippen LogP contribution in [0.4, 0.5) is 11.4 Å². The Balaban J connectivity index is 1.52. The van der Waals surface area contributed by atoms with Gasteiger partial charge in [-0.1, -0.05) is 0 Å². The van der Waals surface area contributed by atoms with Crippen molar-refractivity contribution in [3.63, 3.8) is 0 Å². The van der Waals surface area contributed by atoms with Gasteiger partial charge in [0.1, 0.15) is 11.5 Å². The summed E-state index contributed by atoms with van der Waals surface area (Å²) in [6.45, 7) is 1.86. The van der Waals surface area contributed by atoms with Gasteiger partial charge in [0.05, 0.1) is 6.42 Å². The number of benzene rings is 1.